The largest absolute Gasteiger partial charge is 0.497 e. The van der Waals surface area contributed by atoms with Crippen molar-refractivity contribution >= 4 is 17.9 Å². The predicted octanol–water partition coefficient (Wildman–Crippen LogP) is 6.16. The fourth-order valence-corrected chi connectivity index (χ4v) is 5.75. The van der Waals surface area contributed by atoms with Crippen molar-refractivity contribution in [2.24, 2.45) is 5.92 Å². The van der Waals surface area contributed by atoms with Gasteiger partial charge in [0.1, 0.15) is 5.75 Å². The molecule has 0 aliphatic carbocycles. The van der Waals surface area contributed by atoms with Crippen LogP contribution < -0.4 is 10.1 Å². The molecule has 0 spiro atoms. The van der Waals surface area contributed by atoms with Crippen LogP contribution in [0.25, 0.3) is 6.08 Å². The zero-order valence-electron chi connectivity index (χ0n) is 26.3. The van der Waals surface area contributed by atoms with E-state index in [1.165, 1.54) is 11.1 Å². The molecule has 1 atom stereocenters. The Bertz CT molecular complexity index is 1540. The molecule has 1 fully saturated rings. The van der Waals surface area contributed by atoms with Gasteiger partial charge in [0, 0.05) is 44.8 Å². The first-order valence-corrected chi connectivity index (χ1v) is 15.8. The molecule has 1 aliphatic rings. The highest BCUT2D eigenvalue weighted by molar-refractivity contribution is 6.04. The van der Waals surface area contributed by atoms with Gasteiger partial charge in [0.25, 0.3) is 0 Å². The standard InChI is InChI=1S/C39H43N3O3/c1-3-30-14-16-33(17-15-30)28-40-38(43)36(26-32-18-20-35(45-2)21-19-32)37(27-31-10-6-4-7-11-31)39(44)42-24-22-41(23-25-42)29-34-12-8-5-9-13-34/h4-21,26,37H,3,22-25,27-29H2,1-2H3,(H,40,43)/t37-/m0/s1. The third-order valence-corrected chi connectivity index (χ3v) is 8.47. The lowest BCUT2D eigenvalue weighted by Gasteiger charge is -2.37. The van der Waals surface area contributed by atoms with Crippen LogP contribution in [0.4, 0.5) is 0 Å². The van der Waals surface area contributed by atoms with Crippen LogP contribution >= 0.6 is 0 Å². The maximum Gasteiger partial charge on any atom is 0.248 e. The molecule has 232 valence electrons. The maximum atomic E-state index is 14.4. The SMILES string of the molecule is CCc1ccc(CNC(=O)C(=Cc2ccc(OC)cc2)[C@H](Cc2ccccc2)C(=O)N2CCN(Cc3ccccc3)CC2)cc1. The molecule has 1 saturated heterocycles. The summed E-state index contributed by atoms with van der Waals surface area (Å²) in [6.07, 6.45) is 3.27. The molecule has 0 aromatic heterocycles. The predicted molar refractivity (Wildman–Crippen MR) is 181 cm³/mol. The maximum absolute atomic E-state index is 14.4. The van der Waals surface area contributed by atoms with Gasteiger partial charge in [0.2, 0.25) is 11.8 Å². The van der Waals surface area contributed by atoms with E-state index in [0.29, 0.717) is 31.6 Å². The van der Waals surface area contributed by atoms with Gasteiger partial charge in [-0.3, -0.25) is 14.5 Å². The average Bonchev–Trinajstić information content (AvgIpc) is 3.10. The molecule has 4 aromatic carbocycles. The Morgan fingerprint density at radius 2 is 1.36 bits per heavy atom. The van der Waals surface area contributed by atoms with Crippen molar-refractivity contribution < 1.29 is 14.3 Å². The molecule has 1 heterocycles. The summed E-state index contributed by atoms with van der Waals surface area (Å²) >= 11 is 0. The number of hydrogen-bond donors (Lipinski definition) is 1. The van der Waals surface area contributed by atoms with Crippen LogP contribution in [0.5, 0.6) is 5.75 Å². The second kappa shape index (κ2) is 15.9. The molecule has 6 heteroatoms. The summed E-state index contributed by atoms with van der Waals surface area (Å²) in [6.45, 7) is 6.19. The first kappa shape index (κ1) is 31.7. The van der Waals surface area contributed by atoms with Crippen LogP contribution in [0.1, 0.15) is 34.7 Å². The number of methoxy groups -OCH3 is 1. The number of hydrogen-bond acceptors (Lipinski definition) is 4. The van der Waals surface area contributed by atoms with Crippen LogP contribution in [0.15, 0.2) is 115 Å². The van der Waals surface area contributed by atoms with Gasteiger partial charge in [-0.25, -0.2) is 0 Å². The monoisotopic (exact) mass is 601 g/mol. The number of nitrogens with one attached hydrogen (secondary N) is 1. The van der Waals surface area contributed by atoms with E-state index in [2.05, 4.69) is 53.5 Å². The second-order valence-corrected chi connectivity index (χ2v) is 11.6. The Morgan fingerprint density at radius 1 is 0.756 bits per heavy atom. The number of rotatable bonds is 12. The molecule has 6 nitrogen and oxygen atoms in total. The van der Waals surface area contributed by atoms with Crippen molar-refractivity contribution in [2.45, 2.75) is 32.9 Å². The van der Waals surface area contributed by atoms with E-state index in [-0.39, 0.29) is 11.8 Å². The number of amides is 2. The molecule has 0 radical (unpaired) electrons. The zero-order valence-corrected chi connectivity index (χ0v) is 26.3. The molecule has 0 saturated carbocycles. The first-order chi connectivity index (χ1) is 22.0. The fraction of sp³-hybridized carbons (Fsp3) is 0.282. The molecule has 4 aromatic rings. The number of carbonyl (C=O) groups excluding carboxylic acids is 2. The lowest BCUT2D eigenvalue weighted by molar-refractivity contribution is -0.137. The smallest absolute Gasteiger partial charge is 0.248 e. The molecule has 45 heavy (non-hydrogen) atoms. The summed E-state index contributed by atoms with van der Waals surface area (Å²) in [5.74, 6) is -0.153. The first-order valence-electron chi connectivity index (χ1n) is 15.8. The van der Waals surface area contributed by atoms with Crippen molar-refractivity contribution in [3.63, 3.8) is 0 Å². The molecule has 5 rings (SSSR count). The average molecular weight is 602 g/mol. The lowest BCUT2D eigenvalue weighted by atomic mass is 9.88. The van der Waals surface area contributed by atoms with E-state index in [4.69, 9.17) is 4.74 Å². The van der Waals surface area contributed by atoms with Crippen LogP contribution in [-0.4, -0.2) is 54.9 Å². The van der Waals surface area contributed by atoms with E-state index >= 15 is 0 Å². The van der Waals surface area contributed by atoms with Gasteiger partial charge in [0.05, 0.1) is 13.0 Å². The highest BCUT2D eigenvalue weighted by atomic mass is 16.5. The highest BCUT2D eigenvalue weighted by Gasteiger charge is 2.33. The summed E-state index contributed by atoms with van der Waals surface area (Å²) in [7, 11) is 1.63. The topological polar surface area (TPSA) is 61.9 Å². The fourth-order valence-electron chi connectivity index (χ4n) is 5.75. The van der Waals surface area contributed by atoms with Gasteiger partial charge in [-0.1, -0.05) is 104 Å². The normalized spacial score (nSPS) is 14.5. The van der Waals surface area contributed by atoms with Gasteiger partial charge in [-0.2, -0.15) is 0 Å². The minimum absolute atomic E-state index is 0.0135. The van der Waals surface area contributed by atoms with E-state index in [1.807, 2.05) is 83.8 Å². The zero-order chi connectivity index (χ0) is 31.4. The van der Waals surface area contributed by atoms with E-state index in [1.54, 1.807) is 7.11 Å². The number of nitrogens with zero attached hydrogens (tertiary/aromatic N) is 2. The molecule has 1 aliphatic heterocycles. The summed E-state index contributed by atoms with van der Waals surface area (Å²) < 4.78 is 5.35. The Morgan fingerprint density at radius 3 is 1.96 bits per heavy atom. The molecule has 0 unspecified atom stereocenters. The van der Waals surface area contributed by atoms with Gasteiger partial charge in [0.15, 0.2) is 0 Å². The van der Waals surface area contributed by atoms with Gasteiger partial charge < -0.3 is 15.0 Å². The van der Waals surface area contributed by atoms with Crippen LogP contribution in [-0.2, 0) is 35.5 Å². The van der Waals surface area contributed by atoms with Gasteiger partial charge >= 0.3 is 0 Å². The number of benzene rings is 4. The summed E-state index contributed by atoms with van der Waals surface area (Å²) in [6, 6.07) is 36.3. The number of piperazine rings is 1. The molecular formula is C39H43N3O3. The second-order valence-electron chi connectivity index (χ2n) is 11.6. The van der Waals surface area contributed by atoms with Crippen LogP contribution in [0.2, 0.25) is 0 Å². The van der Waals surface area contributed by atoms with Crippen molar-refractivity contribution in [3.8, 4) is 5.75 Å². The van der Waals surface area contributed by atoms with Gasteiger partial charge in [-0.15, -0.1) is 0 Å². The number of ether oxygens (including phenoxy) is 1. The quantitative estimate of drug-likeness (QED) is 0.198. The number of carbonyl (C=O) groups is 2. The van der Waals surface area contributed by atoms with E-state index < -0.39 is 5.92 Å². The minimum atomic E-state index is -0.641. The van der Waals surface area contributed by atoms with Gasteiger partial charge in [-0.05, 0) is 58.9 Å². The van der Waals surface area contributed by atoms with Crippen LogP contribution in [0, 0.1) is 5.92 Å². The van der Waals surface area contributed by atoms with Crippen molar-refractivity contribution in [1.82, 2.24) is 15.1 Å². The lowest BCUT2D eigenvalue weighted by Crippen LogP contribution is -2.51. The highest BCUT2D eigenvalue weighted by Crippen LogP contribution is 2.25. The Labute approximate surface area is 267 Å². The summed E-state index contributed by atoms with van der Waals surface area (Å²) in [5, 5.41) is 3.13. The summed E-state index contributed by atoms with van der Waals surface area (Å²) in [5.41, 5.74) is 5.86. The van der Waals surface area contributed by atoms with Crippen molar-refractivity contribution in [1.29, 1.82) is 0 Å². The third kappa shape index (κ3) is 8.93. The molecular weight excluding hydrogens is 558 g/mol. The molecule has 0 bridgehead atoms. The Hall–Kier alpha value is -4.68. The summed E-state index contributed by atoms with van der Waals surface area (Å²) in [4.78, 5) is 32.8. The van der Waals surface area contributed by atoms with Crippen molar-refractivity contribution in [3.05, 3.63) is 143 Å². The van der Waals surface area contributed by atoms with Crippen molar-refractivity contribution in [2.75, 3.05) is 33.3 Å². The third-order valence-electron chi connectivity index (χ3n) is 8.47. The van der Waals surface area contributed by atoms with E-state index in [0.717, 1.165) is 48.5 Å². The molecule has 2 amide bonds. The minimum Gasteiger partial charge on any atom is -0.497 e. The van der Waals surface area contributed by atoms with Crippen LogP contribution in [0.3, 0.4) is 0 Å². The Balaban J connectivity index is 1.41. The van der Waals surface area contributed by atoms with E-state index in [9.17, 15) is 9.59 Å². The Kier molecular flexibility index (Phi) is 11.2. The number of aryl methyl sites for hydroxylation is 1. The molecule has 1 N–H and O–H groups in total.